The third-order valence-electron chi connectivity index (χ3n) is 5.37. The van der Waals surface area contributed by atoms with E-state index in [-0.39, 0.29) is 5.41 Å². The van der Waals surface area contributed by atoms with Crippen molar-refractivity contribution in [3.05, 3.63) is 75.6 Å². The highest BCUT2D eigenvalue weighted by atomic mass is 32.1. The quantitative estimate of drug-likeness (QED) is 0.290. The molecule has 6 nitrogen and oxygen atoms in total. The minimum Gasteiger partial charge on any atom is -0.465 e. The first-order valence-electron chi connectivity index (χ1n) is 10.7. The Balaban J connectivity index is 1.78. The molecule has 0 saturated carbocycles. The van der Waals surface area contributed by atoms with Crippen LogP contribution in [0.4, 0.5) is 5.13 Å². The van der Waals surface area contributed by atoms with E-state index in [1.165, 1.54) is 24.0 Å². The van der Waals surface area contributed by atoms with Gasteiger partial charge in [-0.2, -0.15) is 5.10 Å². The second kappa shape index (κ2) is 8.83. The van der Waals surface area contributed by atoms with E-state index in [2.05, 4.69) is 60.5 Å². The molecule has 0 spiro atoms. The molecule has 0 amide bonds. The van der Waals surface area contributed by atoms with Crippen LogP contribution in [-0.4, -0.2) is 18.1 Å². The summed E-state index contributed by atoms with van der Waals surface area (Å²) in [5.74, 6) is 0.316. The Bertz CT molecular complexity index is 1390. The molecule has 2 aromatic heterocycles. The van der Waals surface area contributed by atoms with E-state index in [1.807, 2.05) is 31.2 Å². The summed E-state index contributed by atoms with van der Waals surface area (Å²) >= 11 is 1.21. The van der Waals surface area contributed by atoms with Crippen LogP contribution in [0, 0.1) is 13.8 Å². The van der Waals surface area contributed by atoms with E-state index in [4.69, 9.17) is 9.15 Å². The molecule has 0 aliphatic carbocycles. The average molecular weight is 462 g/mol. The first-order chi connectivity index (χ1) is 15.7. The Morgan fingerprint density at radius 3 is 2.48 bits per heavy atom. The molecule has 0 saturated heterocycles. The van der Waals surface area contributed by atoms with Gasteiger partial charge in [-0.05, 0) is 37.0 Å². The lowest BCUT2D eigenvalue weighted by Gasteiger charge is -2.19. The van der Waals surface area contributed by atoms with E-state index >= 15 is 0 Å². The number of thiazole rings is 1. The van der Waals surface area contributed by atoms with Gasteiger partial charge in [0.1, 0.15) is 16.2 Å². The predicted molar refractivity (Wildman–Crippen MR) is 132 cm³/mol. The van der Waals surface area contributed by atoms with E-state index in [0.717, 1.165) is 33.2 Å². The second-order valence-electron chi connectivity index (χ2n) is 8.97. The van der Waals surface area contributed by atoms with Gasteiger partial charge in [0.2, 0.25) is 5.13 Å². The number of nitrogens with zero attached hydrogens (tertiary/aromatic N) is 2. The molecule has 33 heavy (non-hydrogen) atoms. The minimum atomic E-state index is -0.404. The molecule has 4 aromatic rings. The maximum Gasteiger partial charge on any atom is 0.350 e. The number of carbonyl (C=O) groups is 1. The molecule has 2 aromatic carbocycles. The highest BCUT2D eigenvalue weighted by molar-refractivity contribution is 7.17. The van der Waals surface area contributed by atoms with Gasteiger partial charge in [-0.3, -0.25) is 5.43 Å². The molecule has 1 N–H and O–H groups in total. The topological polar surface area (TPSA) is 76.7 Å². The Hall–Kier alpha value is -3.45. The van der Waals surface area contributed by atoms with Crippen LogP contribution in [0.15, 0.2) is 58.0 Å². The van der Waals surface area contributed by atoms with Gasteiger partial charge in [-0.25, -0.2) is 9.78 Å². The summed E-state index contributed by atoms with van der Waals surface area (Å²) < 4.78 is 11.0. The molecular weight excluding hydrogens is 434 g/mol. The summed E-state index contributed by atoms with van der Waals surface area (Å²) in [4.78, 5) is 16.8. The lowest BCUT2D eigenvalue weighted by Crippen LogP contribution is -2.10. The SMILES string of the molecule is COC(=O)c1sc(N/N=c2\cc(-c3ccc(C(C)(C)C)cc3)oc3ccc(C)cc23)nc1C. The molecule has 170 valence electrons. The van der Waals surface area contributed by atoms with E-state index in [9.17, 15) is 4.79 Å². The Labute approximate surface area is 197 Å². The van der Waals surface area contributed by atoms with E-state index < -0.39 is 5.97 Å². The number of anilines is 1. The molecule has 0 aliphatic rings. The van der Waals surface area contributed by atoms with Crippen LogP contribution in [0.25, 0.3) is 22.3 Å². The summed E-state index contributed by atoms with van der Waals surface area (Å²) in [6.45, 7) is 10.4. The van der Waals surface area contributed by atoms with Crippen molar-refractivity contribution in [3.63, 3.8) is 0 Å². The summed E-state index contributed by atoms with van der Waals surface area (Å²) in [7, 11) is 1.36. The monoisotopic (exact) mass is 461 g/mol. The zero-order valence-electron chi connectivity index (χ0n) is 19.6. The number of nitrogens with one attached hydrogen (secondary N) is 1. The highest BCUT2D eigenvalue weighted by Crippen LogP contribution is 2.28. The Morgan fingerprint density at radius 2 is 1.82 bits per heavy atom. The maximum atomic E-state index is 11.9. The molecule has 0 radical (unpaired) electrons. The molecule has 0 bridgehead atoms. The lowest BCUT2D eigenvalue weighted by atomic mass is 9.86. The number of aryl methyl sites for hydroxylation is 2. The van der Waals surface area contributed by atoms with Gasteiger partial charge in [-0.1, -0.05) is 68.0 Å². The fourth-order valence-corrected chi connectivity index (χ4v) is 4.31. The van der Waals surface area contributed by atoms with Gasteiger partial charge in [0, 0.05) is 17.0 Å². The number of fused-ring (bicyclic) bond motifs is 1. The van der Waals surface area contributed by atoms with Crippen molar-refractivity contribution in [2.75, 3.05) is 12.5 Å². The van der Waals surface area contributed by atoms with Crippen LogP contribution in [0.2, 0.25) is 0 Å². The predicted octanol–water partition coefficient (Wildman–Crippen LogP) is 6.19. The number of benzene rings is 2. The smallest absolute Gasteiger partial charge is 0.350 e. The summed E-state index contributed by atoms with van der Waals surface area (Å²) in [6, 6.07) is 16.3. The van der Waals surface area contributed by atoms with E-state index in [1.54, 1.807) is 6.92 Å². The van der Waals surface area contributed by atoms with Crippen LogP contribution in [-0.2, 0) is 10.2 Å². The fourth-order valence-electron chi connectivity index (χ4n) is 3.49. The van der Waals surface area contributed by atoms with Crippen molar-refractivity contribution in [1.29, 1.82) is 0 Å². The van der Waals surface area contributed by atoms with Gasteiger partial charge in [0.05, 0.1) is 18.2 Å². The van der Waals surface area contributed by atoms with Gasteiger partial charge in [0.25, 0.3) is 0 Å². The molecule has 4 rings (SSSR count). The third kappa shape index (κ3) is 4.83. The second-order valence-corrected chi connectivity index (χ2v) is 9.97. The van der Waals surface area contributed by atoms with Crippen molar-refractivity contribution in [2.24, 2.45) is 5.10 Å². The zero-order chi connectivity index (χ0) is 23.8. The molecule has 2 heterocycles. The normalized spacial score (nSPS) is 12.2. The van der Waals surface area contributed by atoms with Crippen LogP contribution in [0.3, 0.4) is 0 Å². The van der Waals surface area contributed by atoms with Crippen molar-refractivity contribution in [1.82, 2.24) is 4.98 Å². The van der Waals surface area contributed by atoms with Crippen molar-refractivity contribution in [2.45, 2.75) is 40.0 Å². The summed E-state index contributed by atoms with van der Waals surface area (Å²) in [6.07, 6.45) is 0. The Kier molecular flexibility index (Phi) is 6.08. The zero-order valence-corrected chi connectivity index (χ0v) is 20.5. The number of esters is 1. The molecule has 0 aliphatic heterocycles. The number of aromatic nitrogens is 1. The van der Waals surface area contributed by atoms with Crippen LogP contribution < -0.4 is 10.8 Å². The van der Waals surface area contributed by atoms with Crippen molar-refractivity contribution in [3.8, 4) is 11.3 Å². The number of hydrogen-bond donors (Lipinski definition) is 1. The van der Waals surface area contributed by atoms with Crippen LogP contribution >= 0.6 is 11.3 Å². The largest absolute Gasteiger partial charge is 0.465 e. The van der Waals surface area contributed by atoms with Gasteiger partial charge >= 0.3 is 5.97 Å². The summed E-state index contributed by atoms with van der Waals surface area (Å²) in [5.41, 5.74) is 7.76. The standard InChI is InChI=1S/C26H27N3O3S/c1-15-7-12-21-19(13-15)20(28-29-25-27-16(2)23(33-25)24(30)31-6)14-22(32-21)17-8-10-18(11-9-17)26(3,4)5/h7-14H,1-6H3,(H,27,29)/b28-20+. The Morgan fingerprint density at radius 1 is 1.09 bits per heavy atom. The number of rotatable bonds is 4. The number of methoxy groups -OCH3 is 1. The van der Waals surface area contributed by atoms with Gasteiger partial charge in [0.15, 0.2) is 0 Å². The molecule has 7 heteroatoms. The summed E-state index contributed by atoms with van der Waals surface area (Å²) in [5, 5.41) is 6.75. The number of ether oxygens (including phenoxy) is 1. The van der Waals surface area contributed by atoms with Crippen molar-refractivity contribution < 1.29 is 13.9 Å². The van der Waals surface area contributed by atoms with Crippen LogP contribution in [0.5, 0.6) is 0 Å². The highest BCUT2D eigenvalue weighted by Gasteiger charge is 2.16. The number of hydrogen-bond acceptors (Lipinski definition) is 7. The maximum absolute atomic E-state index is 11.9. The minimum absolute atomic E-state index is 0.0793. The lowest BCUT2D eigenvalue weighted by molar-refractivity contribution is 0.0605. The third-order valence-corrected chi connectivity index (χ3v) is 6.42. The van der Waals surface area contributed by atoms with Crippen LogP contribution in [0.1, 0.15) is 47.3 Å². The molecule has 0 atom stereocenters. The fraction of sp³-hybridized carbons (Fsp3) is 0.269. The average Bonchev–Trinajstić information content (AvgIpc) is 3.16. The first-order valence-corrected chi connectivity index (χ1v) is 11.5. The van der Waals surface area contributed by atoms with E-state index in [0.29, 0.717) is 15.7 Å². The molecular formula is C26H27N3O3S. The van der Waals surface area contributed by atoms with Gasteiger partial charge in [-0.15, -0.1) is 0 Å². The van der Waals surface area contributed by atoms with Gasteiger partial charge < -0.3 is 9.15 Å². The number of carbonyl (C=O) groups excluding carboxylic acids is 1. The first kappa shape index (κ1) is 22.7. The molecule has 0 unspecified atom stereocenters. The van der Waals surface area contributed by atoms with Crippen molar-refractivity contribution >= 4 is 33.4 Å². The molecule has 0 fully saturated rings.